The molecule has 0 bridgehead atoms. The summed E-state index contributed by atoms with van der Waals surface area (Å²) in [6.45, 7) is 12.5. The molecule has 0 fully saturated rings. The molecule has 0 aliphatic carbocycles. The van der Waals surface area contributed by atoms with Crippen LogP contribution < -0.4 is 0 Å². The molecule has 0 radical (unpaired) electrons. The molecule has 5 heteroatoms. The average Bonchev–Trinajstić information content (AvgIpc) is 2.92. The number of hydrogen-bond donors (Lipinski definition) is 0. The van der Waals surface area contributed by atoms with E-state index in [2.05, 4.69) is 75.8 Å². The van der Waals surface area contributed by atoms with E-state index >= 15 is 0 Å². The van der Waals surface area contributed by atoms with Crippen LogP contribution in [0.2, 0.25) is 0 Å². The smallest absolute Gasteiger partial charge is 0.779 e. The molecule has 0 heterocycles. The Morgan fingerprint density at radius 1 is 0.512 bits per heavy atom. The number of benzene rings is 4. The first kappa shape index (κ1) is 33.8. The summed E-state index contributed by atoms with van der Waals surface area (Å²) in [6, 6.07) is 28.5. The molecule has 0 atom stereocenters. The average molecular weight is 620 g/mol. The van der Waals surface area contributed by atoms with Gasteiger partial charge in [-0.3, -0.25) is 9.98 Å². The van der Waals surface area contributed by atoms with Gasteiger partial charge in [0.1, 0.15) is 0 Å². The summed E-state index contributed by atoms with van der Waals surface area (Å²) in [5.74, 6) is 0. The summed E-state index contributed by atoms with van der Waals surface area (Å²) in [7, 11) is 0. The van der Waals surface area contributed by atoms with Crippen LogP contribution >= 0.6 is 0 Å². The van der Waals surface area contributed by atoms with Crippen molar-refractivity contribution in [1.29, 1.82) is 0 Å². The molecule has 4 aromatic carbocycles. The van der Waals surface area contributed by atoms with Crippen molar-refractivity contribution in [2.75, 3.05) is 0 Å². The second-order valence-corrected chi connectivity index (χ2v) is 10.7. The maximum absolute atomic E-state index is 5.38. The van der Waals surface area contributed by atoms with Gasteiger partial charge < -0.3 is 25.3 Å². The van der Waals surface area contributed by atoms with E-state index in [1.165, 1.54) is 33.4 Å². The summed E-state index contributed by atoms with van der Waals surface area (Å²) in [6.07, 6.45) is 7.34. The second-order valence-electron chi connectivity index (χ2n) is 9.84. The van der Waals surface area contributed by atoms with E-state index in [9.17, 15) is 0 Å². The van der Waals surface area contributed by atoms with Crippen LogP contribution in [-0.2, 0) is 41.7 Å². The topological polar surface area (TPSA) is 24.7 Å². The SMILES string of the molecule is Cc1cc(C)c(N=CC=C([S-])c2ccccc2)c(C)c1.Cc1cc(C)c(N=CC=C([S-])c2ccccc2)c(C)c1.[Ni+2]. The molecule has 4 aromatic rings. The van der Waals surface area contributed by atoms with Gasteiger partial charge in [-0.15, -0.1) is 0 Å². The largest absolute Gasteiger partial charge is 2.00 e. The van der Waals surface area contributed by atoms with Gasteiger partial charge in [0.25, 0.3) is 0 Å². The third-order valence-electron chi connectivity index (χ3n) is 6.25. The Hall–Kier alpha value is -3.37. The Morgan fingerprint density at radius 2 is 0.805 bits per heavy atom. The number of hydrogen-bond acceptors (Lipinski definition) is 4. The van der Waals surface area contributed by atoms with Gasteiger partial charge in [0.05, 0.1) is 11.4 Å². The molecule has 0 N–H and O–H groups in total. The molecule has 0 aromatic heterocycles. The van der Waals surface area contributed by atoms with Crippen molar-refractivity contribution < 1.29 is 16.5 Å². The minimum atomic E-state index is 0. The van der Waals surface area contributed by atoms with E-state index in [4.69, 9.17) is 25.3 Å². The van der Waals surface area contributed by atoms with E-state index in [0.717, 1.165) is 32.3 Å². The molecular formula is C36H36N2NiS2. The predicted molar refractivity (Wildman–Crippen MR) is 181 cm³/mol. The molecule has 0 amide bonds. The number of aryl methyl sites for hydroxylation is 6. The Bertz CT molecular complexity index is 1390. The molecule has 0 aliphatic rings. The minimum absolute atomic E-state index is 0. The van der Waals surface area contributed by atoms with Gasteiger partial charge in [-0.05, 0) is 74.9 Å². The van der Waals surface area contributed by atoms with Crippen molar-refractivity contribution in [2.24, 2.45) is 9.98 Å². The quantitative estimate of drug-likeness (QED) is 0.122. The van der Waals surface area contributed by atoms with Crippen LogP contribution in [0.15, 0.2) is 107 Å². The summed E-state index contributed by atoms with van der Waals surface area (Å²) >= 11 is 10.8. The number of rotatable bonds is 6. The van der Waals surface area contributed by atoms with Gasteiger partial charge in [0.2, 0.25) is 0 Å². The van der Waals surface area contributed by atoms with Crippen LogP contribution in [0, 0.1) is 41.5 Å². The van der Waals surface area contributed by atoms with Crippen LogP contribution in [0.25, 0.3) is 9.81 Å². The van der Waals surface area contributed by atoms with Crippen LogP contribution in [0.1, 0.15) is 44.5 Å². The van der Waals surface area contributed by atoms with Crippen LogP contribution in [-0.4, -0.2) is 12.4 Å². The summed E-state index contributed by atoms with van der Waals surface area (Å²) in [5, 5.41) is 0. The molecular weight excluding hydrogens is 583 g/mol. The third-order valence-corrected chi connectivity index (χ3v) is 6.99. The van der Waals surface area contributed by atoms with Gasteiger partial charge in [0, 0.05) is 12.4 Å². The molecule has 2 nitrogen and oxygen atoms in total. The van der Waals surface area contributed by atoms with Crippen LogP contribution in [0.3, 0.4) is 0 Å². The molecule has 0 spiro atoms. The van der Waals surface area contributed by atoms with Crippen LogP contribution in [0.4, 0.5) is 11.4 Å². The summed E-state index contributed by atoms with van der Waals surface area (Å²) in [5.41, 5.74) is 11.5. The Kier molecular flexibility index (Phi) is 13.9. The van der Waals surface area contributed by atoms with Crippen molar-refractivity contribution in [3.8, 4) is 0 Å². The van der Waals surface area contributed by atoms with Crippen molar-refractivity contribution in [3.63, 3.8) is 0 Å². The molecule has 0 aliphatic heterocycles. The van der Waals surface area contributed by atoms with Crippen molar-refractivity contribution >= 4 is 58.9 Å². The van der Waals surface area contributed by atoms with E-state index < -0.39 is 0 Å². The zero-order valence-corrected chi connectivity index (χ0v) is 27.0. The maximum atomic E-state index is 5.38. The summed E-state index contributed by atoms with van der Waals surface area (Å²) < 4.78 is 0. The van der Waals surface area contributed by atoms with Crippen LogP contribution in [0.5, 0.6) is 0 Å². The van der Waals surface area contributed by atoms with E-state index in [-0.39, 0.29) is 16.5 Å². The molecule has 0 unspecified atom stereocenters. The monoisotopic (exact) mass is 618 g/mol. The Balaban J connectivity index is 0.000000280. The first-order chi connectivity index (χ1) is 19.2. The molecule has 0 saturated carbocycles. The van der Waals surface area contributed by atoms with E-state index in [0.29, 0.717) is 0 Å². The third kappa shape index (κ3) is 10.5. The fourth-order valence-electron chi connectivity index (χ4n) is 4.51. The number of aliphatic imine (C=N–C) groups is 2. The van der Waals surface area contributed by atoms with Gasteiger partial charge in [-0.25, -0.2) is 0 Å². The summed E-state index contributed by atoms with van der Waals surface area (Å²) in [4.78, 5) is 10.7. The molecule has 0 saturated heterocycles. The normalized spacial score (nSPS) is 11.8. The maximum Gasteiger partial charge on any atom is 2.00 e. The van der Waals surface area contributed by atoms with Gasteiger partial charge >= 0.3 is 16.5 Å². The number of allylic oxidation sites excluding steroid dienone is 2. The fraction of sp³-hybridized carbons (Fsp3) is 0.167. The van der Waals surface area contributed by atoms with Gasteiger partial charge in [0.15, 0.2) is 0 Å². The predicted octanol–water partition coefficient (Wildman–Crippen LogP) is 9.80. The van der Waals surface area contributed by atoms with Gasteiger partial charge in [-0.2, -0.15) is 9.81 Å². The Morgan fingerprint density at radius 3 is 1.10 bits per heavy atom. The molecule has 212 valence electrons. The van der Waals surface area contributed by atoms with Crippen molar-refractivity contribution in [1.82, 2.24) is 0 Å². The van der Waals surface area contributed by atoms with E-state index in [1.54, 1.807) is 12.4 Å². The molecule has 4 rings (SSSR count). The van der Waals surface area contributed by atoms with Crippen molar-refractivity contribution in [2.45, 2.75) is 41.5 Å². The fourth-order valence-corrected chi connectivity index (χ4v) is 4.90. The first-order valence-corrected chi connectivity index (χ1v) is 14.1. The zero-order valence-electron chi connectivity index (χ0n) is 24.4. The second kappa shape index (κ2) is 16.8. The number of nitrogens with zero attached hydrogens (tertiary/aromatic N) is 2. The standard InChI is InChI=1S/2C18H19NS.Ni/c2*1-13-11-14(2)18(15(3)12-13)19-10-9-17(20)16-7-5-4-6-8-16;/h2*4-12,20H,1-3H3;/q;;+2/p-2. The van der Waals surface area contributed by atoms with E-state index in [1.807, 2.05) is 72.8 Å². The van der Waals surface area contributed by atoms with Crippen molar-refractivity contribution in [3.05, 3.63) is 142 Å². The molecule has 41 heavy (non-hydrogen) atoms. The van der Waals surface area contributed by atoms with Gasteiger partial charge in [-0.1, -0.05) is 108 Å². The minimum Gasteiger partial charge on any atom is -0.779 e. The Labute approximate surface area is 267 Å². The first-order valence-electron chi connectivity index (χ1n) is 13.2. The zero-order chi connectivity index (χ0) is 29.1.